The summed E-state index contributed by atoms with van der Waals surface area (Å²) in [6.07, 6.45) is 12.2. The molecule has 0 radical (unpaired) electrons. The van der Waals surface area contributed by atoms with Gasteiger partial charge in [0.2, 0.25) is 0 Å². The Balaban J connectivity index is 1.77. The molecule has 2 nitrogen and oxygen atoms in total. The van der Waals surface area contributed by atoms with Gasteiger partial charge in [0, 0.05) is 18.9 Å². The van der Waals surface area contributed by atoms with Crippen LogP contribution in [0.25, 0.3) is 0 Å². The lowest BCUT2D eigenvalue weighted by molar-refractivity contribution is 0.483. The molecule has 82 valence electrons. The highest BCUT2D eigenvalue weighted by Crippen LogP contribution is 2.23. The molecule has 2 heteroatoms. The highest BCUT2D eigenvalue weighted by Gasteiger charge is 2.11. The van der Waals surface area contributed by atoms with Crippen molar-refractivity contribution in [2.24, 2.45) is 5.92 Å². The van der Waals surface area contributed by atoms with E-state index in [-0.39, 0.29) is 0 Å². The Kier molecular flexibility index (Phi) is 4.01. The second-order valence-electron chi connectivity index (χ2n) is 4.48. The van der Waals surface area contributed by atoms with Crippen molar-refractivity contribution in [3.63, 3.8) is 0 Å². The normalized spacial score (nSPS) is 18.4. The van der Waals surface area contributed by atoms with Gasteiger partial charge in [0.25, 0.3) is 0 Å². The van der Waals surface area contributed by atoms with E-state index >= 15 is 0 Å². The van der Waals surface area contributed by atoms with Gasteiger partial charge in [-0.1, -0.05) is 25.7 Å². The molecule has 1 saturated carbocycles. The van der Waals surface area contributed by atoms with Crippen LogP contribution in [0.2, 0.25) is 0 Å². The molecule has 0 spiro atoms. The van der Waals surface area contributed by atoms with Crippen LogP contribution in [0.15, 0.2) is 24.5 Å². The van der Waals surface area contributed by atoms with Gasteiger partial charge in [-0.25, -0.2) is 0 Å². The number of nitrogens with one attached hydrogen (secondary N) is 1. The number of hydrogen-bond acceptors (Lipinski definition) is 2. The van der Waals surface area contributed by atoms with E-state index in [0.29, 0.717) is 0 Å². The first-order chi connectivity index (χ1) is 7.45. The minimum atomic E-state index is 0.868. The Labute approximate surface area is 92.1 Å². The molecule has 1 N–H and O–H groups in total. The molecule has 0 aromatic carbocycles. The van der Waals surface area contributed by atoms with E-state index in [4.69, 9.17) is 0 Å². The van der Waals surface area contributed by atoms with E-state index < -0.39 is 0 Å². The third-order valence-corrected chi connectivity index (χ3v) is 3.23. The third kappa shape index (κ3) is 3.54. The van der Waals surface area contributed by atoms with Crippen LogP contribution in [-0.4, -0.2) is 11.5 Å². The molecule has 1 aromatic heterocycles. The van der Waals surface area contributed by atoms with Gasteiger partial charge in [0.05, 0.1) is 5.69 Å². The standard InChI is InChI=1S/C13H20N2/c1-2-4-7-12(6-3-1)10-15-13-8-5-9-14-11-13/h5,8-9,11-12,15H,1-4,6-7,10H2. The third-order valence-electron chi connectivity index (χ3n) is 3.23. The quantitative estimate of drug-likeness (QED) is 0.763. The van der Waals surface area contributed by atoms with Gasteiger partial charge < -0.3 is 5.32 Å². The van der Waals surface area contributed by atoms with Crippen molar-refractivity contribution < 1.29 is 0 Å². The fraction of sp³-hybridized carbons (Fsp3) is 0.615. The number of hydrogen-bond donors (Lipinski definition) is 1. The van der Waals surface area contributed by atoms with Gasteiger partial charge >= 0.3 is 0 Å². The highest BCUT2D eigenvalue weighted by molar-refractivity contribution is 5.39. The van der Waals surface area contributed by atoms with Crippen molar-refractivity contribution in [1.82, 2.24) is 4.98 Å². The smallest absolute Gasteiger partial charge is 0.0526 e. The van der Waals surface area contributed by atoms with Crippen molar-refractivity contribution >= 4 is 5.69 Å². The molecule has 0 atom stereocenters. The van der Waals surface area contributed by atoms with Crippen molar-refractivity contribution in [1.29, 1.82) is 0 Å². The van der Waals surface area contributed by atoms with Crippen molar-refractivity contribution in [3.8, 4) is 0 Å². The largest absolute Gasteiger partial charge is 0.384 e. The summed E-state index contributed by atoms with van der Waals surface area (Å²) in [5.41, 5.74) is 1.15. The van der Waals surface area contributed by atoms with E-state index in [0.717, 1.165) is 18.2 Å². The van der Waals surface area contributed by atoms with Crippen LogP contribution in [0.3, 0.4) is 0 Å². The molecular formula is C13H20N2. The summed E-state index contributed by atoms with van der Waals surface area (Å²) in [4.78, 5) is 4.10. The first-order valence-electron chi connectivity index (χ1n) is 6.09. The zero-order valence-electron chi connectivity index (χ0n) is 9.28. The average molecular weight is 204 g/mol. The van der Waals surface area contributed by atoms with Gasteiger partial charge in [-0.3, -0.25) is 4.98 Å². The summed E-state index contributed by atoms with van der Waals surface area (Å²) < 4.78 is 0. The number of rotatable bonds is 3. The molecule has 0 saturated heterocycles. The van der Waals surface area contributed by atoms with Crippen molar-refractivity contribution in [2.45, 2.75) is 38.5 Å². The molecule has 0 unspecified atom stereocenters. The molecule has 2 rings (SSSR count). The maximum absolute atomic E-state index is 4.10. The van der Waals surface area contributed by atoms with E-state index in [2.05, 4.69) is 16.4 Å². The Bertz CT molecular complexity index is 263. The minimum Gasteiger partial charge on any atom is -0.384 e. The van der Waals surface area contributed by atoms with E-state index in [9.17, 15) is 0 Å². The summed E-state index contributed by atoms with van der Waals surface area (Å²) in [5, 5.41) is 3.48. The van der Waals surface area contributed by atoms with E-state index in [1.54, 1.807) is 0 Å². The number of aromatic nitrogens is 1. The number of pyridine rings is 1. The summed E-state index contributed by atoms with van der Waals surface area (Å²) in [5.74, 6) is 0.868. The average Bonchev–Trinajstić information content (AvgIpc) is 2.56. The Morgan fingerprint density at radius 3 is 2.67 bits per heavy atom. The molecular weight excluding hydrogens is 184 g/mol. The molecule has 15 heavy (non-hydrogen) atoms. The summed E-state index contributed by atoms with van der Waals surface area (Å²) in [6.45, 7) is 1.12. The first kappa shape index (κ1) is 10.5. The van der Waals surface area contributed by atoms with Gasteiger partial charge in [-0.15, -0.1) is 0 Å². The predicted molar refractivity (Wildman–Crippen MR) is 63.9 cm³/mol. The fourth-order valence-electron chi connectivity index (χ4n) is 2.30. The Morgan fingerprint density at radius 1 is 1.20 bits per heavy atom. The van der Waals surface area contributed by atoms with Crippen molar-refractivity contribution in [2.75, 3.05) is 11.9 Å². The molecule has 0 bridgehead atoms. The molecule has 1 aliphatic rings. The van der Waals surface area contributed by atoms with E-state index in [1.807, 2.05) is 18.5 Å². The second kappa shape index (κ2) is 5.74. The minimum absolute atomic E-state index is 0.868. The monoisotopic (exact) mass is 204 g/mol. The Morgan fingerprint density at radius 2 is 2.00 bits per heavy atom. The lowest BCUT2D eigenvalue weighted by atomic mass is 10.0. The highest BCUT2D eigenvalue weighted by atomic mass is 14.9. The predicted octanol–water partition coefficient (Wildman–Crippen LogP) is 3.46. The van der Waals surface area contributed by atoms with Crippen LogP contribution in [0.4, 0.5) is 5.69 Å². The van der Waals surface area contributed by atoms with Gasteiger partial charge in [0.1, 0.15) is 0 Å². The zero-order chi connectivity index (χ0) is 10.3. The Hall–Kier alpha value is -1.05. The maximum atomic E-state index is 4.10. The van der Waals surface area contributed by atoms with Crippen LogP contribution < -0.4 is 5.32 Å². The molecule has 0 amide bonds. The van der Waals surface area contributed by atoms with Gasteiger partial charge in [-0.05, 0) is 30.9 Å². The molecule has 0 aliphatic heterocycles. The van der Waals surface area contributed by atoms with Crippen LogP contribution >= 0.6 is 0 Å². The molecule has 1 fully saturated rings. The second-order valence-corrected chi connectivity index (χ2v) is 4.48. The first-order valence-corrected chi connectivity index (χ1v) is 6.09. The fourth-order valence-corrected chi connectivity index (χ4v) is 2.30. The van der Waals surface area contributed by atoms with Crippen molar-refractivity contribution in [3.05, 3.63) is 24.5 Å². The number of anilines is 1. The van der Waals surface area contributed by atoms with Crippen LogP contribution in [0.1, 0.15) is 38.5 Å². The SMILES string of the molecule is c1cncc(NCC2CCCCCC2)c1. The van der Waals surface area contributed by atoms with Crippen LogP contribution in [-0.2, 0) is 0 Å². The van der Waals surface area contributed by atoms with Gasteiger partial charge in [-0.2, -0.15) is 0 Å². The summed E-state index contributed by atoms with van der Waals surface area (Å²) in [7, 11) is 0. The number of nitrogens with zero attached hydrogens (tertiary/aromatic N) is 1. The topological polar surface area (TPSA) is 24.9 Å². The maximum Gasteiger partial charge on any atom is 0.0526 e. The molecule has 1 aromatic rings. The van der Waals surface area contributed by atoms with E-state index in [1.165, 1.54) is 38.5 Å². The summed E-state index contributed by atoms with van der Waals surface area (Å²) >= 11 is 0. The van der Waals surface area contributed by atoms with Crippen LogP contribution in [0, 0.1) is 5.92 Å². The lowest BCUT2D eigenvalue weighted by Gasteiger charge is -2.15. The van der Waals surface area contributed by atoms with Crippen LogP contribution in [0.5, 0.6) is 0 Å². The lowest BCUT2D eigenvalue weighted by Crippen LogP contribution is -2.13. The zero-order valence-corrected chi connectivity index (χ0v) is 9.28. The van der Waals surface area contributed by atoms with Gasteiger partial charge in [0.15, 0.2) is 0 Å². The molecule has 1 aliphatic carbocycles. The summed E-state index contributed by atoms with van der Waals surface area (Å²) in [6, 6.07) is 4.07. The molecule has 1 heterocycles.